The Labute approximate surface area is 91.8 Å². The molecule has 3 nitrogen and oxygen atoms in total. The minimum absolute atomic E-state index is 0.0991. The van der Waals surface area contributed by atoms with Crippen molar-refractivity contribution >= 4 is 0 Å². The molecule has 0 unspecified atom stereocenters. The van der Waals surface area contributed by atoms with Gasteiger partial charge in [0, 0.05) is 5.41 Å². The van der Waals surface area contributed by atoms with Crippen molar-refractivity contribution in [2.75, 3.05) is 6.61 Å². The molecule has 1 N–H and O–H groups in total. The first-order chi connectivity index (χ1) is 6.85. The first kappa shape index (κ1) is 11.4. The van der Waals surface area contributed by atoms with Crippen LogP contribution in [0.25, 0.3) is 0 Å². The standard InChI is InChI=1S/C12H22O3/c1-8(13)9-5-6-12(9,4)10-7-14-11(2,3)15-10/h8-10,13H,5-7H2,1-4H3/t8-,9-,10+,12-/m0/s1. The fourth-order valence-corrected chi connectivity index (χ4v) is 2.97. The molecule has 4 atom stereocenters. The van der Waals surface area contributed by atoms with Gasteiger partial charge in [-0.2, -0.15) is 0 Å². The molecule has 1 aliphatic carbocycles. The fourth-order valence-electron chi connectivity index (χ4n) is 2.97. The molecule has 1 saturated carbocycles. The Morgan fingerprint density at radius 2 is 2.00 bits per heavy atom. The van der Waals surface area contributed by atoms with Crippen molar-refractivity contribution in [3.05, 3.63) is 0 Å². The van der Waals surface area contributed by atoms with E-state index in [4.69, 9.17) is 9.47 Å². The lowest BCUT2D eigenvalue weighted by Crippen LogP contribution is -2.52. The van der Waals surface area contributed by atoms with E-state index in [-0.39, 0.29) is 17.6 Å². The zero-order valence-corrected chi connectivity index (χ0v) is 10.1. The van der Waals surface area contributed by atoms with Crippen LogP contribution >= 0.6 is 0 Å². The molecule has 2 aliphatic rings. The lowest BCUT2D eigenvalue weighted by atomic mass is 9.56. The average Bonchev–Trinajstić information content (AvgIpc) is 2.42. The molecule has 0 aromatic carbocycles. The first-order valence-electron chi connectivity index (χ1n) is 5.85. The Balaban J connectivity index is 2.05. The maximum absolute atomic E-state index is 9.70. The molecule has 0 spiro atoms. The molecular formula is C12H22O3. The van der Waals surface area contributed by atoms with Gasteiger partial charge in [0.15, 0.2) is 5.79 Å². The second-order valence-corrected chi connectivity index (χ2v) is 5.71. The van der Waals surface area contributed by atoms with Crippen LogP contribution in [0.2, 0.25) is 0 Å². The van der Waals surface area contributed by atoms with Crippen LogP contribution in [0, 0.1) is 11.3 Å². The average molecular weight is 214 g/mol. The molecule has 1 saturated heterocycles. The normalized spacial score (nSPS) is 46.2. The summed E-state index contributed by atoms with van der Waals surface area (Å²) in [7, 11) is 0. The predicted molar refractivity (Wildman–Crippen MR) is 57.4 cm³/mol. The van der Waals surface area contributed by atoms with Crippen LogP contribution in [-0.2, 0) is 9.47 Å². The van der Waals surface area contributed by atoms with Gasteiger partial charge in [-0.05, 0) is 39.5 Å². The monoisotopic (exact) mass is 214 g/mol. The van der Waals surface area contributed by atoms with Crippen molar-refractivity contribution in [2.45, 2.75) is 58.5 Å². The third-order valence-electron chi connectivity index (χ3n) is 4.17. The van der Waals surface area contributed by atoms with E-state index >= 15 is 0 Å². The van der Waals surface area contributed by atoms with Gasteiger partial charge in [0.1, 0.15) is 0 Å². The Morgan fingerprint density at radius 3 is 2.33 bits per heavy atom. The lowest BCUT2D eigenvalue weighted by molar-refractivity contribution is -0.181. The topological polar surface area (TPSA) is 38.7 Å². The molecule has 2 rings (SSSR count). The fraction of sp³-hybridized carbons (Fsp3) is 1.00. The summed E-state index contributed by atoms with van der Waals surface area (Å²) in [5.41, 5.74) is 0.0991. The van der Waals surface area contributed by atoms with Crippen LogP contribution in [0.1, 0.15) is 40.5 Å². The van der Waals surface area contributed by atoms with E-state index in [1.165, 1.54) is 0 Å². The molecule has 2 fully saturated rings. The van der Waals surface area contributed by atoms with Gasteiger partial charge < -0.3 is 14.6 Å². The number of hydrogen-bond donors (Lipinski definition) is 1. The smallest absolute Gasteiger partial charge is 0.163 e. The summed E-state index contributed by atoms with van der Waals surface area (Å²) in [6, 6.07) is 0. The summed E-state index contributed by atoms with van der Waals surface area (Å²) in [6.45, 7) is 8.65. The Hall–Kier alpha value is -0.120. The summed E-state index contributed by atoms with van der Waals surface area (Å²) in [5.74, 6) is -0.0908. The summed E-state index contributed by atoms with van der Waals surface area (Å²) >= 11 is 0. The highest BCUT2D eigenvalue weighted by atomic mass is 16.7. The van der Waals surface area contributed by atoms with Crippen LogP contribution in [-0.4, -0.2) is 29.7 Å². The van der Waals surface area contributed by atoms with E-state index in [2.05, 4.69) is 6.92 Å². The van der Waals surface area contributed by atoms with E-state index in [1.54, 1.807) is 0 Å². The van der Waals surface area contributed by atoms with Crippen molar-refractivity contribution in [3.63, 3.8) is 0 Å². The van der Waals surface area contributed by atoms with E-state index in [0.29, 0.717) is 12.5 Å². The van der Waals surface area contributed by atoms with Gasteiger partial charge in [-0.3, -0.25) is 0 Å². The number of rotatable bonds is 2. The van der Waals surface area contributed by atoms with Crippen LogP contribution < -0.4 is 0 Å². The first-order valence-corrected chi connectivity index (χ1v) is 5.85. The predicted octanol–water partition coefficient (Wildman–Crippen LogP) is 1.93. The van der Waals surface area contributed by atoms with Gasteiger partial charge >= 0.3 is 0 Å². The summed E-state index contributed by atoms with van der Waals surface area (Å²) in [5, 5.41) is 9.70. The third-order valence-corrected chi connectivity index (χ3v) is 4.17. The van der Waals surface area contributed by atoms with E-state index in [9.17, 15) is 5.11 Å². The van der Waals surface area contributed by atoms with Gasteiger partial charge in [0.2, 0.25) is 0 Å². The lowest BCUT2D eigenvalue weighted by Gasteiger charge is -2.51. The molecule has 0 aromatic rings. The third kappa shape index (κ3) is 1.81. The van der Waals surface area contributed by atoms with Crippen LogP contribution in [0.15, 0.2) is 0 Å². The van der Waals surface area contributed by atoms with Gasteiger partial charge in [-0.1, -0.05) is 6.92 Å². The Morgan fingerprint density at radius 1 is 1.33 bits per heavy atom. The maximum atomic E-state index is 9.70. The molecule has 3 heteroatoms. The molecule has 0 bridgehead atoms. The van der Waals surface area contributed by atoms with E-state index in [0.717, 1.165) is 12.8 Å². The van der Waals surface area contributed by atoms with Crippen molar-refractivity contribution in [1.29, 1.82) is 0 Å². The van der Waals surface area contributed by atoms with Crippen molar-refractivity contribution in [3.8, 4) is 0 Å². The quantitative estimate of drug-likeness (QED) is 0.763. The minimum atomic E-state index is -0.452. The SMILES string of the molecule is C[C@H](O)[C@@H]1CC[C@]1(C)[C@H]1COC(C)(C)O1. The summed E-state index contributed by atoms with van der Waals surface area (Å²) in [6.07, 6.45) is 2.14. The van der Waals surface area contributed by atoms with Crippen LogP contribution in [0.4, 0.5) is 0 Å². The van der Waals surface area contributed by atoms with Crippen LogP contribution in [0.3, 0.4) is 0 Å². The number of aliphatic hydroxyl groups excluding tert-OH is 1. The zero-order chi connectivity index (χ0) is 11.3. The molecule has 0 amide bonds. The molecule has 15 heavy (non-hydrogen) atoms. The number of ether oxygens (including phenoxy) is 2. The Kier molecular flexibility index (Phi) is 2.61. The second kappa shape index (κ2) is 3.44. The van der Waals surface area contributed by atoms with Crippen LogP contribution in [0.5, 0.6) is 0 Å². The van der Waals surface area contributed by atoms with E-state index < -0.39 is 5.79 Å². The summed E-state index contributed by atoms with van der Waals surface area (Å²) < 4.78 is 11.5. The molecule has 0 radical (unpaired) electrons. The number of hydrogen-bond acceptors (Lipinski definition) is 3. The highest BCUT2D eigenvalue weighted by Crippen LogP contribution is 2.53. The summed E-state index contributed by atoms with van der Waals surface area (Å²) in [4.78, 5) is 0. The molecular weight excluding hydrogens is 192 g/mol. The highest BCUT2D eigenvalue weighted by molar-refractivity contribution is 5.01. The van der Waals surface area contributed by atoms with Gasteiger partial charge in [0.25, 0.3) is 0 Å². The Bertz CT molecular complexity index is 249. The molecule has 88 valence electrons. The molecule has 1 aliphatic heterocycles. The molecule has 1 heterocycles. The van der Waals surface area contributed by atoms with Crippen molar-refractivity contribution in [1.82, 2.24) is 0 Å². The van der Waals surface area contributed by atoms with E-state index in [1.807, 2.05) is 20.8 Å². The highest BCUT2D eigenvalue weighted by Gasteiger charge is 2.54. The minimum Gasteiger partial charge on any atom is -0.393 e. The van der Waals surface area contributed by atoms with Crippen molar-refractivity contribution in [2.24, 2.45) is 11.3 Å². The molecule has 0 aromatic heterocycles. The maximum Gasteiger partial charge on any atom is 0.163 e. The largest absolute Gasteiger partial charge is 0.393 e. The second-order valence-electron chi connectivity index (χ2n) is 5.71. The van der Waals surface area contributed by atoms with Gasteiger partial charge in [0.05, 0.1) is 18.8 Å². The van der Waals surface area contributed by atoms with Gasteiger partial charge in [-0.15, -0.1) is 0 Å². The van der Waals surface area contributed by atoms with Crippen molar-refractivity contribution < 1.29 is 14.6 Å². The van der Waals surface area contributed by atoms with Gasteiger partial charge in [-0.25, -0.2) is 0 Å². The zero-order valence-electron chi connectivity index (χ0n) is 10.1. The number of aliphatic hydroxyl groups is 1.